The van der Waals surface area contributed by atoms with Gasteiger partial charge in [0.05, 0.1) is 27.7 Å². The molecule has 0 aromatic carbocycles. The summed E-state index contributed by atoms with van der Waals surface area (Å²) in [7, 11) is 1.28. The minimum atomic E-state index is -4.49. The number of hydrogen-bond donors (Lipinski definition) is 1. The zero-order valence-electron chi connectivity index (χ0n) is 46.3. The number of rotatable bonds is 52. The van der Waals surface area contributed by atoms with Crippen LogP contribution >= 0.6 is 7.82 Å². The number of quaternary nitrogens is 1. The number of phosphoric ester groups is 1. The first-order valence-electron chi connectivity index (χ1n) is 28.8. The van der Waals surface area contributed by atoms with Gasteiger partial charge in [-0.15, -0.1) is 0 Å². The number of carbonyl (C=O) groups is 4. The molecule has 1 N–H and O–H groups in total. The summed E-state index contributed by atoms with van der Waals surface area (Å²) in [4.78, 5) is 61.8. The highest BCUT2D eigenvalue weighted by molar-refractivity contribution is 7.47. The molecular weight excluding hydrogens is 910 g/mol. The van der Waals surface area contributed by atoms with Gasteiger partial charge in [-0.05, 0) is 77.0 Å². The summed E-state index contributed by atoms with van der Waals surface area (Å²) < 4.78 is 46.5. The van der Waals surface area contributed by atoms with E-state index in [0.717, 1.165) is 70.6 Å². The lowest BCUT2D eigenvalue weighted by atomic mass is 10.0. The van der Waals surface area contributed by atoms with Crippen molar-refractivity contribution in [3.05, 3.63) is 0 Å². The van der Waals surface area contributed by atoms with Crippen molar-refractivity contribution in [2.24, 2.45) is 0 Å². The van der Waals surface area contributed by atoms with Crippen molar-refractivity contribution in [2.45, 2.75) is 290 Å². The van der Waals surface area contributed by atoms with Crippen LogP contribution in [0, 0.1) is 0 Å². The molecule has 0 bridgehead atoms. The Balaban J connectivity index is 5.02. The van der Waals surface area contributed by atoms with Crippen LogP contribution in [-0.4, -0.2) is 99.1 Å². The lowest BCUT2D eigenvalue weighted by molar-refractivity contribution is -0.870. The van der Waals surface area contributed by atoms with E-state index in [2.05, 4.69) is 27.7 Å². The van der Waals surface area contributed by atoms with Gasteiger partial charge in [0.2, 0.25) is 0 Å². The normalized spacial score (nSPS) is 13.1. The van der Waals surface area contributed by atoms with Gasteiger partial charge in [-0.1, -0.05) is 169 Å². The molecule has 2 atom stereocenters. The third-order valence-electron chi connectivity index (χ3n) is 12.8. The molecule has 14 heteroatoms. The van der Waals surface area contributed by atoms with Crippen molar-refractivity contribution in [1.82, 2.24) is 0 Å². The third kappa shape index (κ3) is 47.0. The molecule has 13 nitrogen and oxygen atoms in total. The van der Waals surface area contributed by atoms with Gasteiger partial charge < -0.3 is 28.3 Å². The predicted molar refractivity (Wildman–Crippen MR) is 283 cm³/mol. The summed E-state index contributed by atoms with van der Waals surface area (Å²) in [6, 6.07) is 0. The summed E-state index contributed by atoms with van der Waals surface area (Å²) in [5.41, 5.74) is 0. The smallest absolute Gasteiger partial charge is 0.462 e. The third-order valence-corrected chi connectivity index (χ3v) is 13.8. The Hall–Kier alpha value is -2.05. The molecule has 414 valence electrons. The van der Waals surface area contributed by atoms with Crippen LogP contribution in [0.15, 0.2) is 0 Å². The zero-order chi connectivity index (χ0) is 52.0. The van der Waals surface area contributed by atoms with Gasteiger partial charge in [-0.2, -0.15) is 0 Å². The van der Waals surface area contributed by atoms with Crippen LogP contribution in [0.3, 0.4) is 0 Å². The van der Waals surface area contributed by atoms with Crippen LogP contribution < -0.4 is 0 Å². The monoisotopic (exact) mass is 1020 g/mol. The molecule has 0 spiro atoms. The van der Waals surface area contributed by atoms with Crippen molar-refractivity contribution < 1.29 is 61.1 Å². The average Bonchev–Trinajstić information content (AvgIpc) is 3.30. The Kier molecular flexibility index (Phi) is 45.3. The molecule has 0 rings (SSSR count). The van der Waals surface area contributed by atoms with Crippen LogP contribution in [0.25, 0.3) is 0 Å². The number of phosphoric acid groups is 1. The second-order valence-electron chi connectivity index (χ2n) is 21.0. The van der Waals surface area contributed by atoms with E-state index in [4.69, 9.17) is 28.0 Å². The maximum atomic E-state index is 13.0. The Morgan fingerprint density at radius 3 is 1.06 bits per heavy atom. The molecule has 0 saturated carbocycles. The first-order valence-corrected chi connectivity index (χ1v) is 30.3. The van der Waals surface area contributed by atoms with E-state index in [1.54, 1.807) is 0 Å². The van der Waals surface area contributed by atoms with Gasteiger partial charge in [-0.25, -0.2) is 4.57 Å². The van der Waals surface area contributed by atoms with Crippen LogP contribution in [0.1, 0.15) is 272 Å². The number of esters is 4. The maximum Gasteiger partial charge on any atom is 0.472 e. The van der Waals surface area contributed by atoms with Crippen molar-refractivity contribution in [1.29, 1.82) is 0 Å². The van der Waals surface area contributed by atoms with Crippen molar-refractivity contribution in [3.63, 3.8) is 0 Å². The van der Waals surface area contributed by atoms with Crippen LogP contribution in [0.5, 0.6) is 0 Å². The van der Waals surface area contributed by atoms with Gasteiger partial charge in [0.15, 0.2) is 6.10 Å². The fourth-order valence-corrected chi connectivity index (χ4v) is 9.06. The molecule has 0 heterocycles. The highest BCUT2D eigenvalue weighted by atomic mass is 31.2. The van der Waals surface area contributed by atoms with Gasteiger partial charge >= 0.3 is 31.7 Å². The van der Waals surface area contributed by atoms with Crippen LogP contribution in [0.2, 0.25) is 0 Å². The van der Waals surface area contributed by atoms with Crippen molar-refractivity contribution >= 4 is 31.7 Å². The molecule has 0 aliphatic carbocycles. The molecule has 1 unspecified atom stereocenters. The lowest BCUT2D eigenvalue weighted by Crippen LogP contribution is -2.37. The average molecular weight is 1020 g/mol. The van der Waals surface area contributed by atoms with Gasteiger partial charge in [0, 0.05) is 25.7 Å². The van der Waals surface area contributed by atoms with Gasteiger partial charge in [0.25, 0.3) is 0 Å². The van der Waals surface area contributed by atoms with Crippen LogP contribution in [-0.2, 0) is 51.7 Å². The Labute approximate surface area is 428 Å². The van der Waals surface area contributed by atoms with E-state index in [1.165, 1.54) is 116 Å². The largest absolute Gasteiger partial charge is 0.472 e. The standard InChI is InChI=1S/C56H108NO12P/c1-8-12-16-20-24-30-38-50(39-31-25-21-17-13-9-2)67-54(59)43-34-28-29-35-44-56(61)69-52(49-66-70(62,63)65-47-46-57(5,6)7)48-64-53(58)42-36-37-45-55(60)68-51(40-32-26-22-18-14-10-3)41-33-27-23-19-15-11-4/h50-52H,8-49H2,1-7H3/p+1/t52-/m0/s1. The second-order valence-corrected chi connectivity index (χ2v) is 22.4. The minimum Gasteiger partial charge on any atom is -0.462 e. The van der Waals surface area contributed by atoms with E-state index < -0.39 is 32.5 Å². The van der Waals surface area contributed by atoms with E-state index in [0.29, 0.717) is 49.6 Å². The zero-order valence-corrected chi connectivity index (χ0v) is 47.2. The SMILES string of the molecule is CCCCCCCCC(CCCCCCCC)OC(=O)CCCCCCC(=O)O[C@@H](COC(=O)CCCCC(=O)OC(CCCCCCCC)CCCCCCCC)COP(=O)(O)OCC[N+](C)(C)C. The highest BCUT2D eigenvalue weighted by Gasteiger charge is 2.27. The van der Waals surface area contributed by atoms with Gasteiger partial charge in [-0.3, -0.25) is 28.2 Å². The molecule has 0 aromatic heterocycles. The highest BCUT2D eigenvalue weighted by Crippen LogP contribution is 2.43. The summed E-state index contributed by atoms with van der Waals surface area (Å²) in [6.45, 7) is 8.43. The number of ether oxygens (including phenoxy) is 4. The quantitative estimate of drug-likeness (QED) is 0.0202. The van der Waals surface area contributed by atoms with E-state index in [-0.39, 0.29) is 56.6 Å². The molecule has 0 saturated heterocycles. The number of carbonyl (C=O) groups excluding carboxylic acids is 4. The fourth-order valence-electron chi connectivity index (χ4n) is 8.32. The summed E-state index contributed by atoms with van der Waals surface area (Å²) in [5.74, 6) is -1.48. The molecule has 0 amide bonds. The first-order chi connectivity index (χ1) is 33.6. The Morgan fingerprint density at radius 1 is 0.400 bits per heavy atom. The lowest BCUT2D eigenvalue weighted by Gasteiger charge is -2.24. The molecule has 0 radical (unpaired) electrons. The minimum absolute atomic E-state index is 0.0162. The van der Waals surface area contributed by atoms with Crippen LogP contribution in [0.4, 0.5) is 0 Å². The second kappa shape index (κ2) is 46.7. The summed E-state index contributed by atoms with van der Waals surface area (Å²) in [6.07, 6.45) is 35.5. The Morgan fingerprint density at radius 2 is 0.700 bits per heavy atom. The number of unbranched alkanes of at least 4 members (excludes halogenated alkanes) is 24. The molecular formula is C56H109NO12P+. The summed E-state index contributed by atoms with van der Waals surface area (Å²) in [5, 5.41) is 0. The first kappa shape index (κ1) is 68.0. The van der Waals surface area contributed by atoms with Crippen molar-refractivity contribution in [3.8, 4) is 0 Å². The predicted octanol–water partition coefficient (Wildman–Crippen LogP) is 15.0. The van der Waals surface area contributed by atoms with E-state index in [9.17, 15) is 28.6 Å². The summed E-state index contributed by atoms with van der Waals surface area (Å²) >= 11 is 0. The molecule has 0 aliphatic rings. The number of nitrogens with zero attached hydrogens (tertiary/aromatic N) is 1. The topological polar surface area (TPSA) is 161 Å². The Bertz CT molecular complexity index is 1280. The van der Waals surface area contributed by atoms with Crippen molar-refractivity contribution in [2.75, 3.05) is 47.5 Å². The van der Waals surface area contributed by atoms with Gasteiger partial charge in [0.1, 0.15) is 32.0 Å². The number of hydrogen-bond acceptors (Lipinski definition) is 11. The van der Waals surface area contributed by atoms with E-state index >= 15 is 0 Å². The molecule has 70 heavy (non-hydrogen) atoms. The molecule has 0 aromatic rings. The molecule has 0 aliphatic heterocycles. The molecule has 0 fully saturated rings. The fraction of sp³-hybridized carbons (Fsp3) is 0.929. The van der Waals surface area contributed by atoms with E-state index in [1.807, 2.05) is 21.1 Å². The number of likely N-dealkylation sites (N-methyl/N-ethyl adjacent to an activating group) is 1. The maximum absolute atomic E-state index is 13.0.